The van der Waals surface area contributed by atoms with Crippen LogP contribution in [-0.4, -0.2) is 27.1 Å². The fourth-order valence-corrected chi connectivity index (χ4v) is 6.10. The molecule has 0 unspecified atom stereocenters. The maximum atomic E-state index is 12.0. The summed E-state index contributed by atoms with van der Waals surface area (Å²) in [6.07, 6.45) is 1.30. The van der Waals surface area contributed by atoms with Crippen molar-refractivity contribution in [3.05, 3.63) is 81.0 Å². The Balaban J connectivity index is 0.000000201. The molecule has 0 fully saturated rings. The van der Waals surface area contributed by atoms with Gasteiger partial charge >= 0.3 is 0 Å². The Morgan fingerprint density at radius 1 is 0.667 bits per heavy atom. The van der Waals surface area contributed by atoms with E-state index < -0.39 is 20.0 Å². The molecule has 0 amide bonds. The van der Waals surface area contributed by atoms with E-state index in [1.165, 1.54) is 24.3 Å². The molecule has 0 bridgehead atoms. The number of nitrogens with one attached hydrogen (secondary N) is 2. The predicted molar refractivity (Wildman–Crippen MR) is 142 cm³/mol. The van der Waals surface area contributed by atoms with E-state index in [0.717, 1.165) is 0 Å². The fourth-order valence-electron chi connectivity index (χ4n) is 2.75. The third-order valence-corrected chi connectivity index (χ3v) is 8.96. The Kier molecular flexibility index (Phi) is 9.33. The Labute approximate surface area is 225 Å². The average Bonchev–Trinajstić information content (AvgIpc) is 3.41. The third kappa shape index (κ3) is 6.75. The first-order valence-corrected chi connectivity index (χ1v) is 15.1. The minimum atomic E-state index is -3.64. The number of rotatable bonds is 8. The zero-order chi connectivity index (χ0) is 26.3. The molecule has 2 aromatic carbocycles. The molecule has 2 heterocycles. The summed E-state index contributed by atoms with van der Waals surface area (Å²) in [5, 5.41) is 7.53. The lowest BCUT2D eigenvalue weighted by Crippen LogP contribution is -2.12. The number of hydrogen-bond donors (Lipinski definition) is 2. The molecule has 2 aromatic heterocycles. The first-order chi connectivity index (χ1) is 17.1. The number of anilines is 2. The second-order valence-electron chi connectivity index (χ2n) is 7.09. The van der Waals surface area contributed by atoms with E-state index in [4.69, 9.17) is 9.05 Å². The van der Waals surface area contributed by atoms with Crippen molar-refractivity contribution in [2.45, 2.75) is 36.5 Å². The largest absolute Gasteiger partial charge is 0.336 e. The van der Waals surface area contributed by atoms with Gasteiger partial charge in [0.25, 0.3) is 31.8 Å². The molecule has 0 saturated heterocycles. The van der Waals surface area contributed by atoms with Gasteiger partial charge in [-0.3, -0.25) is 0 Å². The quantitative estimate of drug-likeness (QED) is 0.248. The Hall–Kier alpha value is -2.68. The second-order valence-corrected chi connectivity index (χ2v) is 12.0. The number of halogens is 2. The van der Waals surface area contributed by atoms with Crippen LogP contribution in [0, 0.1) is 0 Å². The van der Waals surface area contributed by atoms with Crippen LogP contribution in [0.1, 0.15) is 25.2 Å². The molecule has 0 spiro atoms. The van der Waals surface area contributed by atoms with Crippen LogP contribution in [-0.2, 0) is 32.9 Å². The summed E-state index contributed by atoms with van der Waals surface area (Å²) < 4.78 is 63.8. The van der Waals surface area contributed by atoms with Crippen LogP contribution in [0.5, 0.6) is 0 Å². The van der Waals surface area contributed by atoms with Crippen LogP contribution < -0.4 is 9.44 Å². The molecule has 2 N–H and O–H groups in total. The van der Waals surface area contributed by atoms with Crippen molar-refractivity contribution >= 4 is 63.7 Å². The van der Waals surface area contributed by atoms with Crippen molar-refractivity contribution in [1.29, 1.82) is 0 Å². The molecular formula is C22H22Br2N4O6S2. The van der Waals surface area contributed by atoms with Crippen molar-refractivity contribution in [2.24, 2.45) is 0 Å². The van der Waals surface area contributed by atoms with Gasteiger partial charge in [0.15, 0.2) is 0 Å². The standard InChI is InChI=1S/2C11H11BrN2O3S/c2*1-2-9-10(12)11(17-13-9)14-18(15,16)8-6-4-3-5-7-8/h2*3-7,14H,2H2,1H3. The highest BCUT2D eigenvalue weighted by atomic mass is 79.9. The number of benzene rings is 2. The van der Waals surface area contributed by atoms with Crippen LogP contribution in [0.25, 0.3) is 0 Å². The molecule has 36 heavy (non-hydrogen) atoms. The Bertz CT molecular complexity index is 1390. The lowest BCUT2D eigenvalue weighted by atomic mass is 10.3. The van der Waals surface area contributed by atoms with Crippen LogP contribution in [0.3, 0.4) is 0 Å². The van der Waals surface area contributed by atoms with Crippen LogP contribution in [0.15, 0.2) is 88.4 Å². The first-order valence-electron chi connectivity index (χ1n) is 10.5. The molecule has 192 valence electrons. The van der Waals surface area contributed by atoms with Gasteiger partial charge in [0.1, 0.15) is 8.95 Å². The highest BCUT2D eigenvalue weighted by Gasteiger charge is 2.21. The normalized spacial score (nSPS) is 11.4. The van der Waals surface area contributed by atoms with Gasteiger partial charge in [-0.25, -0.2) is 26.3 Å². The van der Waals surface area contributed by atoms with Crippen LogP contribution in [0.2, 0.25) is 0 Å². The van der Waals surface area contributed by atoms with Gasteiger partial charge in [0.2, 0.25) is 0 Å². The number of aromatic nitrogens is 2. The predicted octanol–water partition coefficient (Wildman–Crippen LogP) is 5.60. The number of hydrogen-bond acceptors (Lipinski definition) is 8. The summed E-state index contributed by atoms with van der Waals surface area (Å²) in [5.74, 6) is 0.186. The van der Waals surface area contributed by atoms with Crippen molar-refractivity contribution in [1.82, 2.24) is 10.3 Å². The lowest BCUT2D eigenvalue weighted by molar-refractivity contribution is 0.427. The minimum absolute atomic E-state index is 0.0932. The zero-order valence-corrected chi connectivity index (χ0v) is 23.9. The molecule has 10 nitrogen and oxygen atoms in total. The smallest absolute Gasteiger partial charge is 0.264 e. The summed E-state index contributed by atoms with van der Waals surface area (Å²) in [4.78, 5) is 0.345. The molecule has 0 radical (unpaired) electrons. The van der Waals surface area contributed by atoms with Crippen molar-refractivity contribution in [3.8, 4) is 0 Å². The zero-order valence-electron chi connectivity index (χ0n) is 19.1. The topological polar surface area (TPSA) is 144 Å². The average molecular weight is 662 g/mol. The first kappa shape index (κ1) is 27.9. The molecule has 0 saturated carbocycles. The summed E-state index contributed by atoms with van der Waals surface area (Å²) in [6.45, 7) is 3.80. The molecule has 14 heteroatoms. The van der Waals surface area contributed by atoms with Gasteiger partial charge in [-0.1, -0.05) is 60.6 Å². The highest BCUT2D eigenvalue weighted by molar-refractivity contribution is 9.11. The summed E-state index contributed by atoms with van der Waals surface area (Å²) >= 11 is 6.51. The van der Waals surface area contributed by atoms with Crippen molar-refractivity contribution in [2.75, 3.05) is 9.44 Å². The highest BCUT2D eigenvalue weighted by Crippen LogP contribution is 2.29. The molecule has 0 aliphatic heterocycles. The summed E-state index contributed by atoms with van der Waals surface area (Å²) in [7, 11) is -7.29. The maximum Gasteiger partial charge on any atom is 0.264 e. The fraction of sp³-hybridized carbons (Fsp3) is 0.182. The van der Waals surface area contributed by atoms with Crippen molar-refractivity contribution in [3.63, 3.8) is 0 Å². The van der Waals surface area contributed by atoms with Gasteiger partial charge < -0.3 is 9.05 Å². The molecule has 4 rings (SSSR count). The summed E-state index contributed by atoms with van der Waals surface area (Å²) in [5.41, 5.74) is 1.33. The van der Waals surface area contributed by atoms with E-state index in [0.29, 0.717) is 33.2 Å². The van der Waals surface area contributed by atoms with Gasteiger partial charge in [-0.05, 0) is 69.0 Å². The monoisotopic (exact) mass is 660 g/mol. The van der Waals surface area contributed by atoms with Gasteiger partial charge in [-0.2, -0.15) is 0 Å². The summed E-state index contributed by atoms with van der Waals surface area (Å²) in [6, 6.07) is 16.1. The molecule has 4 aromatic rings. The van der Waals surface area contributed by atoms with E-state index in [9.17, 15) is 16.8 Å². The number of sulfonamides is 2. The van der Waals surface area contributed by atoms with Crippen molar-refractivity contribution < 1.29 is 25.9 Å². The van der Waals surface area contributed by atoms with Crippen LogP contribution >= 0.6 is 31.9 Å². The van der Waals surface area contributed by atoms with E-state index in [2.05, 4.69) is 51.6 Å². The van der Waals surface area contributed by atoms with E-state index in [1.54, 1.807) is 36.4 Å². The molecule has 0 atom stereocenters. The van der Waals surface area contributed by atoms with E-state index in [1.807, 2.05) is 13.8 Å². The maximum absolute atomic E-state index is 12.0. The van der Waals surface area contributed by atoms with Gasteiger partial charge in [-0.15, -0.1) is 0 Å². The van der Waals surface area contributed by atoms with Gasteiger partial charge in [0, 0.05) is 0 Å². The molecule has 0 aliphatic carbocycles. The second kappa shape index (κ2) is 12.0. The number of nitrogens with zero attached hydrogens (tertiary/aromatic N) is 2. The van der Waals surface area contributed by atoms with Gasteiger partial charge in [0.05, 0.1) is 21.2 Å². The SMILES string of the molecule is CCc1noc(NS(=O)(=O)c2ccccc2)c1Br.CCc1noc(NS(=O)(=O)c2ccccc2)c1Br. The Morgan fingerprint density at radius 2 is 1.00 bits per heavy atom. The Morgan fingerprint density at radius 3 is 1.28 bits per heavy atom. The van der Waals surface area contributed by atoms with Crippen LogP contribution in [0.4, 0.5) is 11.8 Å². The molecular weight excluding hydrogens is 640 g/mol. The van der Waals surface area contributed by atoms with E-state index >= 15 is 0 Å². The lowest BCUT2D eigenvalue weighted by Gasteiger charge is -2.04. The minimum Gasteiger partial charge on any atom is -0.336 e. The molecule has 0 aliphatic rings. The third-order valence-electron chi connectivity index (χ3n) is 4.63. The van der Waals surface area contributed by atoms with E-state index in [-0.39, 0.29) is 21.6 Å². The number of aryl methyl sites for hydroxylation is 2.